The maximum Gasteiger partial charge on any atom is 0.282 e. The number of halogens is 2. The van der Waals surface area contributed by atoms with Gasteiger partial charge in [-0.1, -0.05) is 6.07 Å². The number of hydrogen-bond donors (Lipinski definition) is 1. The summed E-state index contributed by atoms with van der Waals surface area (Å²) in [6, 6.07) is 7.02. The van der Waals surface area contributed by atoms with Gasteiger partial charge in [-0.15, -0.1) is 0 Å². The predicted octanol–water partition coefficient (Wildman–Crippen LogP) is 1.74. The summed E-state index contributed by atoms with van der Waals surface area (Å²) in [4.78, 5) is 15.2. The zero-order valence-electron chi connectivity index (χ0n) is 9.05. The topological polar surface area (TPSA) is 54.6 Å². The van der Waals surface area contributed by atoms with Crippen LogP contribution in [0, 0.1) is 11.6 Å². The van der Waals surface area contributed by atoms with Gasteiger partial charge >= 0.3 is 0 Å². The van der Waals surface area contributed by atoms with Gasteiger partial charge in [0.2, 0.25) is 0 Å². The maximum atomic E-state index is 13.3. The summed E-state index contributed by atoms with van der Waals surface area (Å²) in [6.07, 6.45) is 1.27. The smallest absolute Gasteiger partial charge is 0.282 e. The molecule has 0 radical (unpaired) electrons. The third-order valence-corrected chi connectivity index (χ3v) is 2.20. The monoisotopic (exact) mass is 250 g/mol. The average Bonchev–Trinajstić information content (AvgIpc) is 2.32. The minimum Gasteiger partial charge on any atom is -0.427 e. The quantitative estimate of drug-likeness (QED) is 0.784. The van der Waals surface area contributed by atoms with Crippen LogP contribution < -0.4 is 5.49 Å². The van der Waals surface area contributed by atoms with Crippen molar-refractivity contribution in [3.05, 3.63) is 65.3 Å². The standard InChI is InChI=1S/C12H8F2N2O2/c13-8-4-5-9(10(14)7-8)12(17)15-11-3-1-2-6-16(11)18/h1-7,18H. The van der Waals surface area contributed by atoms with Gasteiger partial charge in [0.05, 0.1) is 5.56 Å². The molecule has 1 N–H and O–H groups in total. The second-order valence-electron chi connectivity index (χ2n) is 3.44. The van der Waals surface area contributed by atoms with Gasteiger partial charge in [-0.2, -0.15) is 9.72 Å². The lowest BCUT2D eigenvalue weighted by Gasteiger charge is -1.99. The van der Waals surface area contributed by atoms with Crippen molar-refractivity contribution >= 4 is 5.91 Å². The van der Waals surface area contributed by atoms with Crippen molar-refractivity contribution in [1.82, 2.24) is 4.73 Å². The van der Waals surface area contributed by atoms with Crippen LogP contribution in [0.25, 0.3) is 0 Å². The van der Waals surface area contributed by atoms with Crippen LogP contribution in [0.4, 0.5) is 8.78 Å². The minimum atomic E-state index is -0.996. The highest BCUT2D eigenvalue weighted by molar-refractivity contribution is 5.95. The zero-order valence-corrected chi connectivity index (χ0v) is 9.05. The summed E-state index contributed by atoms with van der Waals surface area (Å²) in [7, 11) is 0. The Hall–Kier alpha value is -2.50. The fraction of sp³-hybridized carbons (Fsp3) is 0. The molecule has 1 aromatic carbocycles. The van der Waals surface area contributed by atoms with E-state index in [1.165, 1.54) is 18.3 Å². The summed E-state index contributed by atoms with van der Waals surface area (Å²) in [6.45, 7) is 0. The van der Waals surface area contributed by atoms with E-state index < -0.39 is 17.5 Å². The number of nitrogens with zero attached hydrogens (tertiary/aromatic N) is 2. The first kappa shape index (κ1) is 12.0. The molecular formula is C12H8F2N2O2. The highest BCUT2D eigenvalue weighted by Gasteiger charge is 2.11. The fourth-order valence-corrected chi connectivity index (χ4v) is 1.34. The van der Waals surface area contributed by atoms with Crippen molar-refractivity contribution in [3.8, 4) is 0 Å². The zero-order chi connectivity index (χ0) is 13.1. The van der Waals surface area contributed by atoms with Crippen LogP contribution in [0.15, 0.2) is 47.6 Å². The van der Waals surface area contributed by atoms with Gasteiger partial charge in [-0.25, -0.2) is 8.78 Å². The van der Waals surface area contributed by atoms with Gasteiger partial charge in [0.25, 0.3) is 5.91 Å². The SMILES string of the molecule is O=C(N=c1ccccn1O)c1ccc(F)cc1F. The van der Waals surface area contributed by atoms with Gasteiger partial charge in [0.15, 0.2) is 5.49 Å². The number of benzene rings is 1. The Bertz CT molecular complexity index is 665. The highest BCUT2D eigenvalue weighted by Crippen LogP contribution is 2.10. The molecule has 2 rings (SSSR count). The number of carbonyl (C=O) groups is 1. The molecule has 0 fully saturated rings. The van der Waals surface area contributed by atoms with E-state index in [4.69, 9.17) is 0 Å². The second-order valence-corrected chi connectivity index (χ2v) is 3.44. The normalized spacial score (nSPS) is 11.6. The average molecular weight is 250 g/mol. The second kappa shape index (κ2) is 4.79. The molecule has 0 aliphatic heterocycles. The molecule has 0 aliphatic carbocycles. The first-order chi connectivity index (χ1) is 8.58. The Labute approximate surface area is 100 Å². The molecule has 0 spiro atoms. The Balaban J connectivity index is 2.45. The minimum absolute atomic E-state index is 0.0498. The van der Waals surface area contributed by atoms with Crippen molar-refractivity contribution in [3.63, 3.8) is 0 Å². The number of aromatic nitrogens is 1. The first-order valence-electron chi connectivity index (χ1n) is 4.99. The van der Waals surface area contributed by atoms with E-state index in [1.54, 1.807) is 6.07 Å². The van der Waals surface area contributed by atoms with Gasteiger partial charge in [0, 0.05) is 12.3 Å². The number of hydrogen-bond acceptors (Lipinski definition) is 2. The van der Waals surface area contributed by atoms with E-state index in [1.807, 2.05) is 0 Å². The van der Waals surface area contributed by atoms with Crippen molar-refractivity contribution < 1.29 is 18.8 Å². The van der Waals surface area contributed by atoms with Crippen LogP contribution in [0.2, 0.25) is 0 Å². The molecule has 1 amide bonds. The Morgan fingerprint density at radius 1 is 1.22 bits per heavy atom. The number of pyridine rings is 1. The van der Waals surface area contributed by atoms with Crippen molar-refractivity contribution in [2.75, 3.05) is 0 Å². The van der Waals surface area contributed by atoms with Gasteiger partial charge in [-0.05, 0) is 24.3 Å². The summed E-state index contributed by atoms with van der Waals surface area (Å²) < 4.78 is 26.6. The van der Waals surface area contributed by atoms with Crippen molar-refractivity contribution in [2.24, 2.45) is 4.99 Å². The summed E-state index contributed by atoms with van der Waals surface area (Å²) in [5.41, 5.74) is -0.411. The van der Waals surface area contributed by atoms with E-state index in [-0.39, 0.29) is 11.1 Å². The lowest BCUT2D eigenvalue weighted by Crippen LogP contribution is -2.19. The van der Waals surface area contributed by atoms with Crippen molar-refractivity contribution in [2.45, 2.75) is 0 Å². The molecule has 0 saturated carbocycles. The molecule has 6 heteroatoms. The third kappa shape index (κ3) is 2.42. The van der Waals surface area contributed by atoms with Gasteiger partial charge in [-0.3, -0.25) is 4.79 Å². The highest BCUT2D eigenvalue weighted by atomic mass is 19.1. The van der Waals surface area contributed by atoms with Crippen LogP contribution in [-0.4, -0.2) is 15.8 Å². The Morgan fingerprint density at radius 2 is 2.00 bits per heavy atom. The molecule has 0 atom stereocenters. The Kier molecular flexibility index (Phi) is 3.18. The molecule has 0 unspecified atom stereocenters. The largest absolute Gasteiger partial charge is 0.427 e. The molecule has 0 saturated heterocycles. The summed E-state index contributed by atoms with van der Waals surface area (Å²) >= 11 is 0. The van der Waals surface area contributed by atoms with Crippen LogP contribution >= 0.6 is 0 Å². The lowest BCUT2D eigenvalue weighted by atomic mass is 10.2. The lowest BCUT2D eigenvalue weighted by molar-refractivity contribution is 0.0984. The Morgan fingerprint density at radius 3 is 2.67 bits per heavy atom. The molecule has 18 heavy (non-hydrogen) atoms. The number of amides is 1. The van der Waals surface area contributed by atoms with E-state index in [2.05, 4.69) is 4.99 Å². The summed E-state index contributed by atoms with van der Waals surface area (Å²) in [5.74, 6) is -2.67. The van der Waals surface area contributed by atoms with E-state index in [0.29, 0.717) is 10.8 Å². The van der Waals surface area contributed by atoms with Gasteiger partial charge in [0.1, 0.15) is 11.6 Å². The van der Waals surface area contributed by atoms with E-state index in [9.17, 15) is 18.8 Å². The molecule has 1 heterocycles. The first-order valence-corrected chi connectivity index (χ1v) is 4.99. The molecule has 4 nitrogen and oxygen atoms in total. The van der Waals surface area contributed by atoms with E-state index in [0.717, 1.165) is 12.1 Å². The number of rotatable bonds is 1. The molecule has 1 aromatic heterocycles. The summed E-state index contributed by atoms with van der Waals surface area (Å²) in [5, 5.41) is 9.34. The van der Waals surface area contributed by atoms with E-state index >= 15 is 0 Å². The fourth-order valence-electron chi connectivity index (χ4n) is 1.34. The molecule has 0 aliphatic rings. The van der Waals surface area contributed by atoms with Crippen molar-refractivity contribution in [1.29, 1.82) is 0 Å². The maximum absolute atomic E-state index is 13.3. The molecule has 92 valence electrons. The van der Waals surface area contributed by atoms with Gasteiger partial charge < -0.3 is 5.21 Å². The van der Waals surface area contributed by atoms with Crippen LogP contribution in [0.1, 0.15) is 10.4 Å². The predicted molar refractivity (Wildman–Crippen MR) is 57.9 cm³/mol. The molecular weight excluding hydrogens is 242 g/mol. The number of carbonyl (C=O) groups excluding carboxylic acids is 1. The van der Waals surface area contributed by atoms with Crippen LogP contribution in [0.5, 0.6) is 0 Å². The third-order valence-electron chi connectivity index (χ3n) is 2.20. The van der Waals surface area contributed by atoms with Crippen LogP contribution in [0.3, 0.4) is 0 Å². The van der Waals surface area contributed by atoms with Crippen LogP contribution in [-0.2, 0) is 0 Å². The molecule has 2 aromatic rings. The molecule has 0 bridgehead atoms.